The Morgan fingerprint density at radius 3 is 2.54 bits per heavy atom. The number of carbonyl (C=O) groups excluding carboxylic acids is 1. The van der Waals surface area contributed by atoms with E-state index in [1.54, 1.807) is 48.5 Å². The van der Waals surface area contributed by atoms with Crippen molar-refractivity contribution < 1.29 is 24.5 Å². The monoisotopic (exact) mass is 499 g/mol. The number of aliphatic carboxylic acids is 1. The van der Waals surface area contributed by atoms with Gasteiger partial charge in [0.15, 0.2) is 5.69 Å². The lowest BCUT2D eigenvalue weighted by molar-refractivity contribution is -0.137. The average Bonchev–Trinajstić information content (AvgIpc) is 2.79. The van der Waals surface area contributed by atoms with Gasteiger partial charge in [0.05, 0.1) is 25.1 Å². The van der Waals surface area contributed by atoms with E-state index in [0.717, 1.165) is 0 Å². The van der Waals surface area contributed by atoms with E-state index < -0.39 is 35.8 Å². The summed E-state index contributed by atoms with van der Waals surface area (Å²) in [7, 11) is 0. The highest BCUT2D eigenvalue weighted by molar-refractivity contribution is 6.31. The molecular formula is C25H26ClN3O6. The maximum Gasteiger partial charge on any atom is 0.319 e. The van der Waals surface area contributed by atoms with Crippen LogP contribution in [0.25, 0.3) is 0 Å². The Morgan fingerprint density at radius 2 is 1.86 bits per heavy atom. The number of halogens is 1. The second-order valence-corrected chi connectivity index (χ2v) is 8.50. The number of amides is 2. The normalized spacial score (nSPS) is 11.7. The number of rotatable bonds is 9. The Morgan fingerprint density at radius 1 is 1.11 bits per heavy atom. The molecule has 0 fully saturated rings. The Bertz CT molecular complexity index is 1270. The number of urea groups is 1. The van der Waals surface area contributed by atoms with E-state index in [1.807, 2.05) is 13.8 Å². The quantitative estimate of drug-likeness (QED) is 0.345. The molecule has 0 radical (unpaired) electrons. The first-order valence-corrected chi connectivity index (χ1v) is 11.2. The van der Waals surface area contributed by atoms with Gasteiger partial charge in [0, 0.05) is 11.2 Å². The maximum absolute atomic E-state index is 12.9. The van der Waals surface area contributed by atoms with Gasteiger partial charge >= 0.3 is 12.0 Å². The van der Waals surface area contributed by atoms with Crippen molar-refractivity contribution in [3.05, 3.63) is 87.3 Å². The minimum atomic E-state index is -1.13. The van der Waals surface area contributed by atoms with Crippen LogP contribution < -0.4 is 20.9 Å². The molecule has 3 aromatic rings. The number of hydrogen-bond donors (Lipinski definition) is 4. The summed E-state index contributed by atoms with van der Waals surface area (Å²) < 4.78 is 6.94. The van der Waals surface area contributed by atoms with Crippen molar-refractivity contribution in [1.82, 2.24) is 9.88 Å². The number of carboxylic acids is 1. The van der Waals surface area contributed by atoms with Crippen LogP contribution in [0.1, 0.15) is 37.4 Å². The number of anilines is 1. The molecule has 0 aliphatic carbocycles. The molecule has 0 unspecified atom stereocenters. The molecule has 4 N–H and O–H groups in total. The zero-order chi connectivity index (χ0) is 25.5. The van der Waals surface area contributed by atoms with E-state index in [2.05, 4.69) is 10.6 Å². The smallest absolute Gasteiger partial charge is 0.319 e. The predicted octanol–water partition coefficient (Wildman–Crippen LogP) is 4.38. The van der Waals surface area contributed by atoms with Gasteiger partial charge in [-0.05, 0) is 49.2 Å². The topological polar surface area (TPSA) is 130 Å². The van der Waals surface area contributed by atoms with Crippen molar-refractivity contribution in [2.45, 2.75) is 39.0 Å². The third kappa shape index (κ3) is 7.00. The van der Waals surface area contributed by atoms with Crippen molar-refractivity contribution in [3.8, 4) is 11.5 Å². The van der Waals surface area contributed by atoms with Crippen molar-refractivity contribution in [3.63, 3.8) is 0 Å². The number of carboxylic acid groups (broad SMARTS) is 1. The molecule has 10 heteroatoms. The van der Waals surface area contributed by atoms with Gasteiger partial charge in [0.1, 0.15) is 11.5 Å². The second kappa shape index (κ2) is 11.4. The molecule has 1 atom stereocenters. The summed E-state index contributed by atoms with van der Waals surface area (Å²) in [6, 6.07) is 13.2. The first kappa shape index (κ1) is 25.6. The molecule has 9 nitrogen and oxygen atoms in total. The number of hydrogen-bond acceptors (Lipinski definition) is 5. The van der Waals surface area contributed by atoms with Crippen LogP contribution >= 0.6 is 11.6 Å². The summed E-state index contributed by atoms with van der Waals surface area (Å²) in [6.07, 6.45) is 0.890. The van der Waals surface area contributed by atoms with Crippen molar-refractivity contribution in [2.24, 2.45) is 0 Å². The van der Waals surface area contributed by atoms with Crippen LogP contribution in [-0.4, -0.2) is 32.9 Å². The minimum absolute atomic E-state index is 0.0894. The van der Waals surface area contributed by atoms with E-state index in [0.29, 0.717) is 21.9 Å². The number of carbonyl (C=O) groups is 2. The summed E-state index contributed by atoms with van der Waals surface area (Å²) in [5.74, 6) is -1.03. The van der Waals surface area contributed by atoms with Crippen molar-refractivity contribution >= 4 is 29.3 Å². The Balaban J connectivity index is 1.82. The van der Waals surface area contributed by atoms with Crippen LogP contribution in [0.4, 0.5) is 10.5 Å². The van der Waals surface area contributed by atoms with Gasteiger partial charge in [-0.15, -0.1) is 0 Å². The standard InChI is InChI=1S/C25H26ClN3O6/c1-15(2)35-18-8-5-7-16(12-18)20(13-22(31)32)27-25(34)28-23-21(30)10-11-29(24(23)33)14-17-6-3-4-9-19(17)26/h3-12,15,20,30H,13-14H2,1-2H3,(H,31,32)(H2,27,28,34)/t20-/m0/s1. The van der Waals surface area contributed by atoms with Gasteiger partial charge in [-0.25, -0.2) is 4.79 Å². The molecule has 1 heterocycles. The van der Waals surface area contributed by atoms with E-state index in [4.69, 9.17) is 16.3 Å². The lowest BCUT2D eigenvalue weighted by atomic mass is 10.0. The number of nitrogens with zero attached hydrogens (tertiary/aromatic N) is 1. The maximum atomic E-state index is 12.9. The predicted molar refractivity (Wildman–Crippen MR) is 132 cm³/mol. The molecule has 0 saturated heterocycles. The first-order valence-electron chi connectivity index (χ1n) is 10.9. The Labute approximate surface area is 206 Å². The van der Waals surface area contributed by atoms with E-state index in [9.17, 15) is 24.6 Å². The highest BCUT2D eigenvalue weighted by Crippen LogP contribution is 2.24. The van der Waals surface area contributed by atoms with Crippen LogP contribution in [0.15, 0.2) is 65.6 Å². The summed E-state index contributed by atoms with van der Waals surface area (Å²) in [4.78, 5) is 37.1. The SMILES string of the molecule is CC(C)Oc1cccc([C@H](CC(=O)O)NC(=O)Nc2c(O)ccn(Cc3ccccc3Cl)c2=O)c1. The summed E-state index contributed by atoms with van der Waals surface area (Å²) in [5.41, 5.74) is 0.196. The fraction of sp³-hybridized carbons (Fsp3) is 0.240. The number of aromatic nitrogens is 1. The molecule has 0 aliphatic heterocycles. The first-order chi connectivity index (χ1) is 16.6. The van der Waals surface area contributed by atoms with Gasteiger partial charge in [0.2, 0.25) is 0 Å². The fourth-order valence-corrected chi connectivity index (χ4v) is 3.62. The number of ether oxygens (including phenoxy) is 1. The molecule has 0 bridgehead atoms. The van der Waals surface area contributed by atoms with Crippen molar-refractivity contribution in [1.29, 1.82) is 0 Å². The van der Waals surface area contributed by atoms with Crippen LogP contribution in [0.5, 0.6) is 11.5 Å². The zero-order valence-electron chi connectivity index (χ0n) is 19.2. The molecule has 2 amide bonds. The van der Waals surface area contributed by atoms with E-state index in [-0.39, 0.29) is 18.3 Å². The summed E-state index contributed by atoms with van der Waals surface area (Å²) >= 11 is 6.18. The molecule has 184 valence electrons. The van der Waals surface area contributed by atoms with Crippen LogP contribution in [0, 0.1) is 0 Å². The van der Waals surface area contributed by atoms with Crippen LogP contribution in [0.3, 0.4) is 0 Å². The Kier molecular flexibility index (Phi) is 8.38. The fourth-order valence-electron chi connectivity index (χ4n) is 3.43. The molecule has 0 spiro atoms. The second-order valence-electron chi connectivity index (χ2n) is 8.09. The molecule has 2 aromatic carbocycles. The highest BCUT2D eigenvalue weighted by Gasteiger charge is 2.21. The Hall–Kier alpha value is -3.98. The average molecular weight is 500 g/mol. The van der Waals surface area contributed by atoms with Crippen molar-refractivity contribution in [2.75, 3.05) is 5.32 Å². The summed E-state index contributed by atoms with van der Waals surface area (Å²) in [5, 5.41) is 24.9. The van der Waals surface area contributed by atoms with Crippen LogP contribution in [-0.2, 0) is 11.3 Å². The molecular weight excluding hydrogens is 474 g/mol. The largest absolute Gasteiger partial charge is 0.505 e. The highest BCUT2D eigenvalue weighted by atomic mass is 35.5. The van der Waals surface area contributed by atoms with Gasteiger partial charge in [-0.1, -0.05) is 41.9 Å². The molecule has 3 rings (SSSR count). The van der Waals surface area contributed by atoms with Gasteiger partial charge in [0.25, 0.3) is 5.56 Å². The lowest BCUT2D eigenvalue weighted by Crippen LogP contribution is -2.36. The zero-order valence-corrected chi connectivity index (χ0v) is 20.0. The number of aromatic hydroxyl groups is 1. The van der Waals surface area contributed by atoms with E-state index in [1.165, 1.54) is 16.8 Å². The van der Waals surface area contributed by atoms with Gasteiger partial charge < -0.3 is 30.2 Å². The third-order valence-corrected chi connectivity index (χ3v) is 5.37. The molecule has 35 heavy (non-hydrogen) atoms. The van der Waals surface area contributed by atoms with E-state index >= 15 is 0 Å². The number of pyridine rings is 1. The number of benzene rings is 2. The third-order valence-electron chi connectivity index (χ3n) is 5.00. The van der Waals surface area contributed by atoms with Gasteiger partial charge in [-0.3, -0.25) is 9.59 Å². The van der Waals surface area contributed by atoms with Crippen LogP contribution in [0.2, 0.25) is 5.02 Å². The van der Waals surface area contributed by atoms with Gasteiger partial charge in [-0.2, -0.15) is 0 Å². The minimum Gasteiger partial charge on any atom is -0.505 e. The molecule has 0 aliphatic rings. The summed E-state index contributed by atoms with van der Waals surface area (Å²) in [6.45, 7) is 3.84. The number of nitrogens with one attached hydrogen (secondary N) is 2. The molecule has 1 aromatic heterocycles. The molecule has 0 saturated carbocycles. The lowest BCUT2D eigenvalue weighted by Gasteiger charge is -2.20.